The Kier molecular flexibility index (Phi) is 4.15. The lowest BCUT2D eigenvalue weighted by molar-refractivity contribution is 0.360. The van der Waals surface area contributed by atoms with Gasteiger partial charge in [-0.25, -0.2) is 8.42 Å². The van der Waals surface area contributed by atoms with Gasteiger partial charge in [-0.15, -0.1) is 0 Å². The summed E-state index contributed by atoms with van der Waals surface area (Å²) in [6, 6.07) is 14.8. The Labute approximate surface area is 157 Å². The molecule has 27 heavy (non-hydrogen) atoms. The van der Waals surface area contributed by atoms with Crippen LogP contribution >= 0.6 is 0 Å². The second-order valence-electron chi connectivity index (χ2n) is 6.69. The van der Waals surface area contributed by atoms with Crippen LogP contribution in [0.25, 0.3) is 11.4 Å². The number of nitrogens with zero attached hydrogens (tertiary/aromatic N) is 2. The van der Waals surface area contributed by atoms with Crippen molar-refractivity contribution in [3.05, 3.63) is 60.0 Å². The largest absolute Gasteiger partial charge is 0.497 e. The van der Waals surface area contributed by atoms with E-state index in [1.165, 1.54) is 0 Å². The Morgan fingerprint density at radius 1 is 1.07 bits per heavy atom. The number of benzene rings is 2. The van der Waals surface area contributed by atoms with Crippen LogP contribution in [0.5, 0.6) is 5.75 Å². The van der Waals surface area contributed by atoms with Crippen molar-refractivity contribution < 1.29 is 17.7 Å². The van der Waals surface area contributed by atoms with Gasteiger partial charge in [0.25, 0.3) is 0 Å². The number of methoxy groups -OCH3 is 1. The zero-order valence-electron chi connectivity index (χ0n) is 15.0. The molecule has 3 aromatic rings. The fraction of sp³-hybridized carbons (Fsp3) is 0.263. The monoisotopic (exact) mass is 385 g/mol. The van der Waals surface area contributed by atoms with Crippen molar-refractivity contribution in [2.24, 2.45) is 0 Å². The Bertz CT molecular complexity index is 1050. The highest BCUT2D eigenvalue weighted by Gasteiger charge is 2.51. The van der Waals surface area contributed by atoms with Crippen molar-refractivity contribution >= 4 is 15.7 Å². The SMILES string of the molecule is COc1ccc(C2(c3nc(-c4ccc(NS(C)(=O)=O)cc4)no3)CC2)cc1. The molecular weight excluding hydrogens is 366 g/mol. The van der Waals surface area contributed by atoms with Gasteiger partial charge in [-0.2, -0.15) is 4.98 Å². The van der Waals surface area contributed by atoms with E-state index in [0.717, 1.165) is 36.0 Å². The summed E-state index contributed by atoms with van der Waals surface area (Å²) in [6.45, 7) is 0. The van der Waals surface area contributed by atoms with Gasteiger partial charge >= 0.3 is 0 Å². The van der Waals surface area contributed by atoms with Crippen molar-refractivity contribution in [2.75, 3.05) is 18.1 Å². The highest BCUT2D eigenvalue weighted by Crippen LogP contribution is 2.53. The van der Waals surface area contributed by atoms with Crippen LogP contribution in [0.1, 0.15) is 24.3 Å². The van der Waals surface area contributed by atoms with E-state index < -0.39 is 10.0 Å². The molecule has 0 aliphatic heterocycles. The minimum Gasteiger partial charge on any atom is -0.497 e. The quantitative estimate of drug-likeness (QED) is 0.700. The molecule has 7 nitrogen and oxygen atoms in total. The molecule has 1 heterocycles. The van der Waals surface area contributed by atoms with Crippen LogP contribution in [0.4, 0.5) is 5.69 Å². The van der Waals surface area contributed by atoms with Crippen LogP contribution in [0, 0.1) is 0 Å². The third kappa shape index (κ3) is 3.52. The van der Waals surface area contributed by atoms with Crippen LogP contribution in [0.2, 0.25) is 0 Å². The van der Waals surface area contributed by atoms with Crippen molar-refractivity contribution in [2.45, 2.75) is 18.3 Å². The molecule has 2 aromatic carbocycles. The van der Waals surface area contributed by atoms with Crippen LogP contribution in [0.3, 0.4) is 0 Å². The van der Waals surface area contributed by atoms with Crippen LogP contribution < -0.4 is 9.46 Å². The number of hydrogen-bond acceptors (Lipinski definition) is 6. The second-order valence-corrected chi connectivity index (χ2v) is 8.43. The fourth-order valence-electron chi connectivity index (χ4n) is 3.10. The minimum absolute atomic E-state index is 0.227. The average molecular weight is 385 g/mol. The number of anilines is 1. The Morgan fingerprint density at radius 2 is 1.74 bits per heavy atom. The molecule has 0 spiro atoms. The highest BCUT2D eigenvalue weighted by molar-refractivity contribution is 7.92. The van der Waals surface area contributed by atoms with Crippen LogP contribution in [-0.4, -0.2) is 31.9 Å². The summed E-state index contributed by atoms with van der Waals surface area (Å²) in [4.78, 5) is 4.59. The molecule has 1 aliphatic rings. The van der Waals surface area contributed by atoms with Gasteiger partial charge in [0.2, 0.25) is 21.7 Å². The van der Waals surface area contributed by atoms with E-state index in [2.05, 4.69) is 14.9 Å². The van der Waals surface area contributed by atoms with Gasteiger partial charge in [0, 0.05) is 11.3 Å². The van der Waals surface area contributed by atoms with Gasteiger partial charge in [0.05, 0.1) is 18.8 Å². The van der Waals surface area contributed by atoms with E-state index in [1.54, 1.807) is 31.4 Å². The minimum atomic E-state index is -3.31. The third-order valence-corrected chi connectivity index (χ3v) is 5.28. The maximum absolute atomic E-state index is 11.3. The summed E-state index contributed by atoms with van der Waals surface area (Å²) >= 11 is 0. The van der Waals surface area contributed by atoms with Crippen molar-refractivity contribution in [3.8, 4) is 17.1 Å². The predicted molar refractivity (Wildman–Crippen MR) is 101 cm³/mol. The van der Waals surface area contributed by atoms with Crippen molar-refractivity contribution in [3.63, 3.8) is 0 Å². The normalized spacial score (nSPS) is 15.3. The predicted octanol–water partition coefficient (Wildman–Crippen LogP) is 3.20. The molecular formula is C19H19N3O4S. The molecule has 0 amide bonds. The maximum Gasteiger partial charge on any atom is 0.237 e. The molecule has 4 rings (SSSR count). The van der Waals surface area contributed by atoms with Gasteiger partial charge in [-0.3, -0.25) is 4.72 Å². The Hall–Kier alpha value is -2.87. The molecule has 0 unspecified atom stereocenters. The molecule has 0 bridgehead atoms. The zero-order valence-corrected chi connectivity index (χ0v) is 15.8. The number of nitrogens with one attached hydrogen (secondary N) is 1. The molecule has 1 aromatic heterocycles. The zero-order chi connectivity index (χ0) is 19.1. The molecule has 1 fully saturated rings. The van der Waals surface area contributed by atoms with E-state index in [1.807, 2.05) is 24.3 Å². The molecule has 8 heteroatoms. The first-order chi connectivity index (χ1) is 12.9. The highest BCUT2D eigenvalue weighted by atomic mass is 32.2. The first-order valence-electron chi connectivity index (χ1n) is 8.47. The molecule has 0 atom stereocenters. The van der Waals surface area contributed by atoms with E-state index in [0.29, 0.717) is 17.4 Å². The molecule has 1 N–H and O–H groups in total. The van der Waals surface area contributed by atoms with Gasteiger partial charge < -0.3 is 9.26 Å². The number of sulfonamides is 1. The smallest absolute Gasteiger partial charge is 0.237 e. The summed E-state index contributed by atoms with van der Waals surface area (Å²) in [5.74, 6) is 1.89. The van der Waals surface area contributed by atoms with E-state index in [4.69, 9.17) is 9.26 Å². The standard InChI is InChI=1S/C19H19N3O4S/c1-25-16-9-5-14(6-10-16)19(11-12-19)18-20-17(21-26-18)13-3-7-15(8-4-13)22-27(2,23)24/h3-10,22H,11-12H2,1-2H3. The summed E-state index contributed by atoms with van der Waals surface area (Å²) in [6.07, 6.45) is 3.02. The van der Waals surface area contributed by atoms with E-state index in [9.17, 15) is 8.42 Å². The van der Waals surface area contributed by atoms with E-state index >= 15 is 0 Å². The molecule has 1 aliphatic carbocycles. The van der Waals surface area contributed by atoms with Gasteiger partial charge in [0.15, 0.2) is 0 Å². The van der Waals surface area contributed by atoms with E-state index in [-0.39, 0.29) is 5.41 Å². The summed E-state index contributed by atoms with van der Waals surface area (Å²) in [5, 5.41) is 4.11. The average Bonchev–Trinajstić information content (AvgIpc) is 3.31. The maximum atomic E-state index is 11.3. The summed E-state index contributed by atoms with van der Waals surface area (Å²) in [5.41, 5.74) is 2.15. The number of hydrogen-bond donors (Lipinski definition) is 1. The lowest BCUT2D eigenvalue weighted by Crippen LogP contribution is -2.09. The van der Waals surface area contributed by atoms with Crippen LogP contribution in [0.15, 0.2) is 53.1 Å². The first-order valence-corrected chi connectivity index (χ1v) is 10.4. The fourth-order valence-corrected chi connectivity index (χ4v) is 3.66. The van der Waals surface area contributed by atoms with Crippen LogP contribution in [-0.2, 0) is 15.4 Å². The van der Waals surface area contributed by atoms with Crippen molar-refractivity contribution in [1.29, 1.82) is 0 Å². The summed E-state index contributed by atoms with van der Waals surface area (Å²) in [7, 11) is -1.66. The summed E-state index contributed by atoms with van der Waals surface area (Å²) < 4.78 is 35.8. The lowest BCUT2D eigenvalue weighted by atomic mass is 9.96. The lowest BCUT2D eigenvalue weighted by Gasteiger charge is -2.11. The Morgan fingerprint density at radius 3 is 2.30 bits per heavy atom. The number of aromatic nitrogens is 2. The third-order valence-electron chi connectivity index (χ3n) is 4.67. The topological polar surface area (TPSA) is 94.3 Å². The second kappa shape index (κ2) is 6.38. The molecule has 1 saturated carbocycles. The molecule has 0 radical (unpaired) electrons. The first kappa shape index (κ1) is 17.5. The van der Waals surface area contributed by atoms with Gasteiger partial charge in [-0.1, -0.05) is 17.3 Å². The Balaban J connectivity index is 1.58. The number of ether oxygens (including phenoxy) is 1. The van der Waals surface area contributed by atoms with Gasteiger partial charge in [0.1, 0.15) is 5.75 Å². The van der Waals surface area contributed by atoms with Crippen molar-refractivity contribution in [1.82, 2.24) is 10.1 Å². The van der Waals surface area contributed by atoms with Gasteiger partial charge in [-0.05, 0) is 54.8 Å². The number of rotatable bonds is 6. The molecule has 0 saturated heterocycles. The molecule has 140 valence electrons.